The Labute approximate surface area is 234 Å². The molecule has 6 rings (SSSR count). The summed E-state index contributed by atoms with van der Waals surface area (Å²) < 4.78 is 1.81. The number of benzene rings is 1. The number of primary amides is 2. The molecule has 40 heavy (non-hydrogen) atoms. The van der Waals surface area contributed by atoms with E-state index in [1.807, 2.05) is 28.8 Å². The Balaban J connectivity index is 1.35. The number of carbonyl (C=O) groups excluding carboxylic acids is 2. The summed E-state index contributed by atoms with van der Waals surface area (Å²) in [6.45, 7) is -0.538. The van der Waals surface area contributed by atoms with E-state index in [4.69, 9.17) is 16.3 Å². The summed E-state index contributed by atoms with van der Waals surface area (Å²) in [6, 6.07) is 8.97. The molecule has 4 aliphatic rings. The van der Waals surface area contributed by atoms with Gasteiger partial charge in [-0.25, -0.2) is 4.98 Å². The fraction of sp³-hybridized carbons (Fsp3) is 0.633. The van der Waals surface area contributed by atoms with Crippen LogP contribution in [-0.2, 0) is 14.4 Å². The number of nitrogens with two attached hydrogens (primary N) is 2. The minimum atomic E-state index is -0.957. The number of hydrogen-bond donors (Lipinski definition) is 2. The Morgan fingerprint density at radius 3 is 2.20 bits per heavy atom. The van der Waals surface area contributed by atoms with Crippen LogP contribution in [0.25, 0.3) is 11.0 Å². The van der Waals surface area contributed by atoms with E-state index in [1.165, 1.54) is 51.4 Å². The van der Waals surface area contributed by atoms with Gasteiger partial charge in [0.05, 0.1) is 11.0 Å². The second-order valence-corrected chi connectivity index (χ2v) is 12.4. The van der Waals surface area contributed by atoms with Crippen LogP contribution >= 0.6 is 0 Å². The number of para-hydroxylation sites is 2. The molecule has 10 nitrogen and oxygen atoms in total. The first kappa shape index (κ1) is 26.9. The first-order valence-corrected chi connectivity index (χ1v) is 15.0. The van der Waals surface area contributed by atoms with Gasteiger partial charge in [0.2, 0.25) is 0 Å². The zero-order valence-electron chi connectivity index (χ0n) is 23.0. The van der Waals surface area contributed by atoms with Crippen molar-refractivity contribution in [3.8, 4) is 0 Å². The molecule has 2 saturated heterocycles. The van der Waals surface area contributed by atoms with E-state index in [0.717, 1.165) is 43.0 Å². The smallest absolute Gasteiger partial charge is 0.279 e. The number of oxime groups is 1. The first-order chi connectivity index (χ1) is 19.4. The number of aromatic nitrogens is 2. The van der Waals surface area contributed by atoms with Gasteiger partial charge >= 0.3 is 0 Å². The van der Waals surface area contributed by atoms with Crippen molar-refractivity contribution < 1.29 is 14.4 Å². The molecular formula is C30H40N6O4. The summed E-state index contributed by atoms with van der Waals surface area (Å²) >= 11 is 0. The maximum Gasteiger partial charge on any atom is 0.279 e. The van der Waals surface area contributed by atoms with Crippen LogP contribution < -0.4 is 17.0 Å². The highest BCUT2D eigenvalue weighted by Crippen LogP contribution is 2.47. The largest absolute Gasteiger partial charge is 0.385 e. The SMILES string of the molecule is NC(=O)CO/N=C(\C(N)=O)c1nc2ccccc2n([C@H]2C[C@H]3CCC[C@@H](C2)N3[C@@H]2C[C@@H]3CCCC[C@@H](C3)C2)c1=O. The summed E-state index contributed by atoms with van der Waals surface area (Å²) in [5.41, 5.74) is 11.0. The van der Waals surface area contributed by atoms with E-state index in [9.17, 15) is 14.4 Å². The zero-order valence-corrected chi connectivity index (χ0v) is 23.0. The highest BCUT2D eigenvalue weighted by Gasteiger charge is 2.45. The molecule has 0 spiro atoms. The van der Waals surface area contributed by atoms with E-state index in [2.05, 4.69) is 15.0 Å². The van der Waals surface area contributed by atoms with Gasteiger partial charge in [0.1, 0.15) is 0 Å². The lowest BCUT2D eigenvalue weighted by atomic mass is 9.73. The minimum absolute atomic E-state index is 0.0303. The van der Waals surface area contributed by atoms with E-state index < -0.39 is 29.7 Å². The molecule has 3 heterocycles. The predicted molar refractivity (Wildman–Crippen MR) is 152 cm³/mol. The molecule has 2 amide bonds. The highest BCUT2D eigenvalue weighted by molar-refractivity contribution is 6.44. The number of piperidine rings is 2. The summed E-state index contributed by atoms with van der Waals surface area (Å²) in [5, 5.41) is 3.71. The normalized spacial score (nSPS) is 30.9. The van der Waals surface area contributed by atoms with Crippen molar-refractivity contribution in [2.75, 3.05) is 6.61 Å². The average Bonchev–Trinajstić information content (AvgIpc) is 3.09. The highest BCUT2D eigenvalue weighted by atomic mass is 16.6. The zero-order chi connectivity index (χ0) is 27.8. The average molecular weight is 549 g/mol. The molecule has 2 aliphatic heterocycles. The van der Waals surface area contributed by atoms with E-state index >= 15 is 0 Å². The maximum atomic E-state index is 14.0. The molecule has 4 N–H and O–H groups in total. The van der Waals surface area contributed by atoms with Crippen LogP contribution in [-0.4, -0.2) is 56.7 Å². The summed E-state index contributed by atoms with van der Waals surface area (Å²) in [4.78, 5) is 49.8. The lowest BCUT2D eigenvalue weighted by molar-refractivity contribution is -0.122. The molecule has 1 aromatic carbocycles. The summed E-state index contributed by atoms with van der Waals surface area (Å²) in [5.74, 6) is 0.0120. The second-order valence-electron chi connectivity index (χ2n) is 12.4. The van der Waals surface area contributed by atoms with Crippen LogP contribution in [0.5, 0.6) is 0 Å². The van der Waals surface area contributed by atoms with Crippen LogP contribution in [0, 0.1) is 11.8 Å². The van der Waals surface area contributed by atoms with Gasteiger partial charge in [-0.05, 0) is 68.9 Å². The molecule has 2 saturated carbocycles. The van der Waals surface area contributed by atoms with Crippen molar-refractivity contribution in [2.24, 2.45) is 28.5 Å². The van der Waals surface area contributed by atoms with Gasteiger partial charge in [-0.1, -0.05) is 49.4 Å². The number of nitrogens with zero attached hydrogens (tertiary/aromatic N) is 4. The number of carbonyl (C=O) groups is 2. The van der Waals surface area contributed by atoms with Crippen molar-refractivity contribution in [1.29, 1.82) is 0 Å². The Bertz CT molecular complexity index is 1340. The Morgan fingerprint density at radius 2 is 1.55 bits per heavy atom. The first-order valence-electron chi connectivity index (χ1n) is 15.0. The Morgan fingerprint density at radius 1 is 0.875 bits per heavy atom. The molecule has 0 unspecified atom stereocenters. The molecular weight excluding hydrogens is 508 g/mol. The summed E-state index contributed by atoms with van der Waals surface area (Å²) in [7, 11) is 0. The molecule has 10 heteroatoms. The van der Waals surface area contributed by atoms with Crippen molar-refractivity contribution in [3.63, 3.8) is 0 Å². The number of rotatable bonds is 7. The van der Waals surface area contributed by atoms with Gasteiger partial charge in [0.25, 0.3) is 17.4 Å². The minimum Gasteiger partial charge on any atom is -0.385 e. The molecule has 2 aliphatic carbocycles. The van der Waals surface area contributed by atoms with Crippen LogP contribution in [0.4, 0.5) is 0 Å². The van der Waals surface area contributed by atoms with Gasteiger partial charge in [-0.2, -0.15) is 0 Å². The van der Waals surface area contributed by atoms with Gasteiger partial charge in [0.15, 0.2) is 18.0 Å². The number of amides is 2. The van der Waals surface area contributed by atoms with E-state index in [0.29, 0.717) is 23.6 Å². The van der Waals surface area contributed by atoms with Crippen molar-refractivity contribution in [2.45, 2.75) is 101 Å². The number of fused-ring (bicyclic) bond motifs is 5. The van der Waals surface area contributed by atoms with Gasteiger partial charge in [0, 0.05) is 24.2 Å². The van der Waals surface area contributed by atoms with E-state index in [1.54, 1.807) is 0 Å². The standard InChI is InChI=1S/C30H40N6O4/c31-26(37)17-40-34-27(29(32)38)28-30(39)36(25-11-4-3-10-24(25)33-28)23-15-20-8-5-9-21(16-23)35(20)22-13-18-6-1-2-7-19(12-18)14-22/h3-4,10-11,18-23H,1-2,5-9,12-17H2,(H2,31,37)(H2,32,38)/b34-27-/t18-,19+,20-,21+,22-,23+. The topological polar surface area (TPSA) is 146 Å². The molecule has 0 radical (unpaired) electrons. The van der Waals surface area contributed by atoms with Crippen LogP contribution in [0.15, 0.2) is 34.2 Å². The Hall–Kier alpha value is -3.27. The van der Waals surface area contributed by atoms with Crippen LogP contribution in [0.3, 0.4) is 0 Å². The van der Waals surface area contributed by atoms with Crippen LogP contribution in [0.1, 0.15) is 88.8 Å². The van der Waals surface area contributed by atoms with Crippen LogP contribution in [0.2, 0.25) is 0 Å². The van der Waals surface area contributed by atoms with Crippen molar-refractivity contribution in [1.82, 2.24) is 14.5 Å². The third-order valence-corrected chi connectivity index (χ3v) is 9.76. The predicted octanol–water partition coefficient (Wildman–Crippen LogP) is 3.00. The lowest BCUT2D eigenvalue weighted by Gasteiger charge is -2.54. The maximum absolute atomic E-state index is 14.0. The second kappa shape index (κ2) is 11.3. The quantitative estimate of drug-likeness (QED) is 0.402. The van der Waals surface area contributed by atoms with Crippen molar-refractivity contribution >= 4 is 28.6 Å². The third-order valence-electron chi connectivity index (χ3n) is 9.76. The fourth-order valence-electron chi connectivity index (χ4n) is 8.34. The summed E-state index contributed by atoms with van der Waals surface area (Å²) in [6.07, 6.45) is 14.9. The molecule has 2 aromatic rings. The van der Waals surface area contributed by atoms with Crippen molar-refractivity contribution in [3.05, 3.63) is 40.3 Å². The monoisotopic (exact) mass is 548 g/mol. The molecule has 1 aromatic heterocycles. The molecule has 4 bridgehead atoms. The third kappa shape index (κ3) is 5.25. The molecule has 6 atom stereocenters. The van der Waals surface area contributed by atoms with Gasteiger partial charge in [-0.15, -0.1) is 0 Å². The van der Waals surface area contributed by atoms with Gasteiger partial charge in [-0.3, -0.25) is 19.3 Å². The molecule has 4 fully saturated rings. The number of hydrogen-bond acceptors (Lipinski definition) is 7. The lowest BCUT2D eigenvalue weighted by Crippen LogP contribution is -2.58. The molecule has 214 valence electrons. The van der Waals surface area contributed by atoms with Gasteiger partial charge < -0.3 is 20.9 Å². The fourth-order valence-corrected chi connectivity index (χ4v) is 8.34. The van der Waals surface area contributed by atoms with E-state index in [-0.39, 0.29) is 11.7 Å². The Kier molecular flexibility index (Phi) is 7.61.